The Morgan fingerprint density at radius 3 is 2.67 bits per heavy atom. The second-order valence-electron chi connectivity index (χ2n) is 3.94. The Hall–Kier alpha value is -0.430. The first-order chi connectivity index (χ1) is 6.99. The van der Waals surface area contributed by atoms with Gasteiger partial charge in [-0.3, -0.25) is 0 Å². The summed E-state index contributed by atoms with van der Waals surface area (Å²) >= 11 is 1.25. The fourth-order valence-corrected chi connectivity index (χ4v) is 4.36. The van der Waals surface area contributed by atoms with Gasteiger partial charge in [-0.15, -0.1) is 11.3 Å². The van der Waals surface area contributed by atoms with Crippen LogP contribution in [0.3, 0.4) is 0 Å². The van der Waals surface area contributed by atoms with Gasteiger partial charge in [-0.1, -0.05) is 0 Å². The Labute approximate surface area is 93.5 Å². The van der Waals surface area contributed by atoms with Gasteiger partial charge in [0.1, 0.15) is 4.21 Å². The Kier molecular flexibility index (Phi) is 2.85. The van der Waals surface area contributed by atoms with Gasteiger partial charge >= 0.3 is 0 Å². The van der Waals surface area contributed by atoms with Gasteiger partial charge in [0.2, 0.25) is 0 Å². The van der Waals surface area contributed by atoms with Crippen LogP contribution in [0.1, 0.15) is 18.4 Å². The van der Waals surface area contributed by atoms with Crippen molar-refractivity contribution < 1.29 is 8.42 Å². The summed E-state index contributed by atoms with van der Waals surface area (Å²) < 4.78 is 26.9. The highest BCUT2D eigenvalue weighted by molar-refractivity contribution is 7.91. The molecule has 1 aromatic heterocycles. The van der Waals surface area contributed by atoms with Gasteiger partial charge in [0.25, 0.3) is 10.0 Å². The zero-order valence-corrected chi connectivity index (χ0v) is 10.1. The highest BCUT2D eigenvalue weighted by atomic mass is 32.2. The van der Waals surface area contributed by atoms with E-state index < -0.39 is 10.0 Å². The molecule has 3 N–H and O–H groups in total. The fourth-order valence-electron chi connectivity index (χ4n) is 1.67. The van der Waals surface area contributed by atoms with Gasteiger partial charge in [0.05, 0.1) is 0 Å². The monoisotopic (exact) mass is 246 g/mol. The molecule has 0 aliphatic heterocycles. The first-order valence-electron chi connectivity index (χ1n) is 4.81. The molecule has 1 fully saturated rings. The number of thiophene rings is 1. The van der Waals surface area contributed by atoms with Crippen molar-refractivity contribution in [3.63, 3.8) is 0 Å². The second-order valence-corrected chi connectivity index (χ2v) is 6.77. The molecule has 4 nitrogen and oxygen atoms in total. The molecule has 84 valence electrons. The molecule has 0 spiro atoms. The molecule has 6 heteroatoms. The molecule has 0 radical (unpaired) electrons. The number of hydrogen-bond donors (Lipinski definition) is 2. The first-order valence-corrected chi connectivity index (χ1v) is 7.17. The second kappa shape index (κ2) is 3.86. The Morgan fingerprint density at radius 2 is 2.20 bits per heavy atom. The van der Waals surface area contributed by atoms with E-state index in [1.165, 1.54) is 11.3 Å². The summed E-state index contributed by atoms with van der Waals surface area (Å²) in [5, 5.41) is 1.79. The molecule has 0 bridgehead atoms. The number of nitrogens with two attached hydrogens (primary N) is 1. The first kappa shape index (κ1) is 11.1. The third kappa shape index (κ3) is 2.23. The maximum Gasteiger partial charge on any atom is 0.250 e. The van der Waals surface area contributed by atoms with Gasteiger partial charge in [-0.25, -0.2) is 13.1 Å². The van der Waals surface area contributed by atoms with E-state index in [1.54, 1.807) is 12.3 Å². The van der Waals surface area contributed by atoms with Crippen LogP contribution in [0.15, 0.2) is 15.7 Å². The number of aryl methyl sites for hydroxylation is 1. The molecule has 1 heterocycles. The molecule has 1 aromatic rings. The average Bonchev–Trinajstić information content (AvgIpc) is 2.48. The van der Waals surface area contributed by atoms with E-state index in [9.17, 15) is 8.42 Å². The molecule has 0 aromatic carbocycles. The molecule has 15 heavy (non-hydrogen) atoms. The zero-order valence-electron chi connectivity index (χ0n) is 8.43. The van der Waals surface area contributed by atoms with Gasteiger partial charge in [-0.05, 0) is 36.8 Å². The molecule has 1 aliphatic carbocycles. The van der Waals surface area contributed by atoms with E-state index in [0.717, 1.165) is 18.4 Å². The predicted octanol–water partition coefficient (Wildman–Crippen LogP) is 0.825. The maximum absolute atomic E-state index is 11.9. The van der Waals surface area contributed by atoms with Gasteiger partial charge < -0.3 is 5.73 Å². The van der Waals surface area contributed by atoms with Crippen LogP contribution in [0.4, 0.5) is 0 Å². The van der Waals surface area contributed by atoms with Crippen molar-refractivity contribution in [1.82, 2.24) is 4.72 Å². The number of hydrogen-bond acceptors (Lipinski definition) is 4. The highest BCUT2D eigenvalue weighted by Gasteiger charge is 2.31. The van der Waals surface area contributed by atoms with Crippen molar-refractivity contribution >= 4 is 21.4 Å². The maximum atomic E-state index is 11.9. The van der Waals surface area contributed by atoms with Crippen molar-refractivity contribution in [2.24, 2.45) is 5.73 Å². The van der Waals surface area contributed by atoms with Crippen LogP contribution >= 0.6 is 11.3 Å². The van der Waals surface area contributed by atoms with Crippen LogP contribution in [-0.4, -0.2) is 20.5 Å². The summed E-state index contributed by atoms with van der Waals surface area (Å²) in [5.74, 6) is 0. The van der Waals surface area contributed by atoms with Gasteiger partial charge in [0, 0.05) is 12.1 Å². The predicted molar refractivity (Wildman–Crippen MR) is 60.4 cm³/mol. The summed E-state index contributed by atoms with van der Waals surface area (Å²) in [6.45, 7) is 1.80. The summed E-state index contributed by atoms with van der Waals surface area (Å²) in [4.78, 5) is 0. The fraction of sp³-hybridized carbons (Fsp3) is 0.556. The quantitative estimate of drug-likeness (QED) is 0.829. The minimum Gasteiger partial charge on any atom is -0.328 e. The van der Waals surface area contributed by atoms with Gasteiger partial charge in [-0.2, -0.15) is 0 Å². The molecule has 1 aliphatic rings. The highest BCUT2D eigenvalue weighted by Crippen LogP contribution is 2.25. The van der Waals surface area contributed by atoms with Crippen LogP contribution in [0.2, 0.25) is 0 Å². The summed E-state index contributed by atoms with van der Waals surface area (Å²) in [5.41, 5.74) is 6.41. The van der Waals surface area contributed by atoms with Crippen LogP contribution in [0.5, 0.6) is 0 Å². The molecule has 0 amide bonds. The van der Waals surface area contributed by atoms with E-state index in [-0.39, 0.29) is 12.1 Å². The van der Waals surface area contributed by atoms with Crippen molar-refractivity contribution in [2.75, 3.05) is 0 Å². The number of nitrogens with one attached hydrogen (secondary N) is 1. The molecule has 0 atom stereocenters. The SMILES string of the molecule is Cc1ccsc1S(=O)(=O)NC1CC(N)C1. The summed E-state index contributed by atoms with van der Waals surface area (Å²) in [6, 6.07) is 1.99. The number of rotatable bonds is 3. The van der Waals surface area contributed by atoms with E-state index in [2.05, 4.69) is 4.72 Å². The minimum atomic E-state index is -3.32. The summed E-state index contributed by atoms with van der Waals surface area (Å²) in [6.07, 6.45) is 1.48. The minimum absolute atomic E-state index is 0.0199. The van der Waals surface area contributed by atoms with Gasteiger partial charge in [0.15, 0.2) is 0 Å². The van der Waals surface area contributed by atoms with E-state index >= 15 is 0 Å². The number of sulfonamides is 1. The van der Waals surface area contributed by atoms with Crippen molar-refractivity contribution in [3.05, 3.63) is 17.0 Å². The summed E-state index contributed by atoms with van der Waals surface area (Å²) in [7, 11) is -3.32. The van der Waals surface area contributed by atoms with Crippen LogP contribution in [0, 0.1) is 6.92 Å². The van der Waals surface area contributed by atoms with Crippen LogP contribution in [0.25, 0.3) is 0 Å². The topological polar surface area (TPSA) is 72.2 Å². The lowest BCUT2D eigenvalue weighted by atomic mass is 9.89. The Bertz CT molecular complexity index is 446. The Balaban J connectivity index is 2.11. The van der Waals surface area contributed by atoms with E-state index in [0.29, 0.717) is 4.21 Å². The zero-order chi connectivity index (χ0) is 11.1. The molecular formula is C9H14N2O2S2. The molecule has 1 saturated carbocycles. The van der Waals surface area contributed by atoms with Crippen LogP contribution < -0.4 is 10.5 Å². The lowest BCUT2D eigenvalue weighted by Gasteiger charge is -2.32. The average molecular weight is 246 g/mol. The standard InChI is InChI=1S/C9H14N2O2S2/c1-6-2-3-14-9(6)15(12,13)11-8-4-7(10)5-8/h2-3,7-8,11H,4-5,10H2,1H3. The van der Waals surface area contributed by atoms with Crippen molar-refractivity contribution in [3.8, 4) is 0 Å². The molecule has 0 saturated heterocycles. The van der Waals surface area contributed by atoms with E-state index in [4.69, 9.17) is 5.73 Å². The molecular weight excluding hydrogens is 232 g/mol. The molecule has 0 unspecified atom stereocenters. The van der Waals surface area contributed by atoms with Crippen LogP contribution in [-0.2, 0) is 10.0 Å². The third-order valence-electron chi connectivity index (χ3n) is 2.56. The largest absolute Gasteiger partial charge is 0.328 e. The normalized spacial score (nSPS) is 26.3. The lowest BCUT2D eigenvalue weighted by molar-refractivity contribution is 0.327. The van der Waals surface area contributed by atoms with Crippen molar-refractivity contribution in [1.29, 1.82) is 0 Å². The molecule has 2 rings (SSSR count). The van der Waals surface area contributed by atoms with Crippen molar-refractivity contribution in [2.45, 2.75) is 36.1 Å². The third-order valence-corrected chi connectivity index (χ3v) is 5.76. The smallest absolute Gasteiger partial charge is 0.250 e. The lowest BCUT2D eigenvalue weighted by Crippen LogP contribution is -2.50. The Morgan fingerprint density at radius 1 is 1.53 bits per heavy atom. The van der Waals surface area contributed by atoms with E-state index in [1.807, 2.05) is 6.07 Å².